The highest BCUT2D eigenvalue weighted by atomic mass is 35.5. The molecule has 0 bridgehead atoms. The van der Waals surface area contributed by atoms with Gasteiger partial charge in [-0.3, -0.25) is 9.59 Å². The first-order chi connectivity index (χ1) is 10.2. The fourth-order valence-electron chi connectivity index (χ4n) is 2.61. The Morgan fingerprint density at radius 1 is 1.27 bits per heavy atom. The van der Waals surface area contributed by atoms with Crippen LogP contribution in [0.25, 0.3) is 0 Å². The zero-order chi connectivity index (χ0) is 15.1. The Labute approximate surface area is 137 Å². The first-order valence-corrected chi connectivity index (χ1v) is 7.52. The van der Waals surface area contributed by atoms with Crippen LogP contribution in [0.2, 0.25) is 0 Å². The molecular weight excluding hydrogens is 302 g/mol. The van der Waals surface area contributed by atoms with Gasteiger partial charge in [-0.05, 0) is 56.5 Å². The van der Waals surface area contributed by atoms with Crippen LogP contribution in [0.15, 0.2) is 24.3 Å². The van der Waals surface area contributed by atoms with Crippen molar-refractivity contribution in [2.24, 2.45) is 5.92 Å². The Morgan fingerprint density at radius 3 is 2.68 bits per heavy atom. The standard InChI is InChI=1S/C16H23N3O2.ClH/c1-17-16(21)13-3-2-4-14(11-13)19-15(20)6-5-12-7-9-18-10-8-12;/h2-4,11-12,18H,5-10H2,1H3,(H,17,21)(H,19,20);1H. The van der Waals surface area contributed by atoms with Gasteiger partial charge in [0.1, 0.15) is 0 Å². The van der Waals surface area contributed by atoms with Crippen LogP contribution in [0.5, 0.6) is 0 Å². The van der Waals surface area contributed by atoms with Gasteiger partial charge in [-0.25, -0.2) is 0 Å². The highest BCUT2D eigenvalue weighted by Gasteiger charge is 2.14. The molecule has 3 N–H and O–H groups in total. The van der Waals surface area contributed by atoms with Gasteiger partial charge in [0.2, 0.25) is 5.91 Å². The molecule has 22 heavy (non-hydrogen) atoms. The number of piperidine rings is 1. The third-order valence-electron chi connectivity index (χ3n) is 3.87. The minimum absolute atomic E-state index is 0. The monoisotopic (exact) mass is 325 g/mol. The topological polar surface area (TPSA) is 70.2 Å². The molecule has 0 aliphatic carbocycles. The molecule has 6 heteroatoms. The van der Waals surface area contributed by atoms with Crippen LogP contribution in [-0.2, 0) is 4.79 Å². The summed E-state index contributed by atoms with van der Waals surface area (Å²) in [5.74, 6) is 0.512. The molecule has 5 nitrogen and oxygen atoms in total. The first kappa shape index (κ1) is 18.5. The van der Waals surface area contributed by atoms with E-state index in [1.165, 1.54) is 0 Å². The van der Waals surface area contributed by atoms with Gasteiger partial charge in [0.15, 0.2) is 0 Å². The predicted molar refractivity (Wildman–Crippen MR) is 90.5 cm³/mol. The maximum atomic E-state index is 12.0. The van der Waals surface area contributed by atoms with Crippen molar-refractivity contribution in [3.63, 3.8) is 0 Å². The summed E-state index contributed by atoms with van der Waals surface area (Å²) in [5, 5.41) is 8.76. The molecule has 2 amide bonds. The zero-order valence-electron chi connectivity index (χ0n) is 12.9. The van der Waals surface area contributed by atoms with Crippen molar-refractivity contribution in [1.82, 2.24) is 10.6 Å². The summed E-state index contributed by atoms with van der Waals surface area (Å²) in [7, 11) is 1.59. The molecule has 0 unspecified atom stereocenters. The van der Waals surface area contributed by atoms with Crippen LogP contribution in [0.1, 0.15) is 36.0 Å². The van der Waals surface area contributed by atoms with Gasteiger partial charge in [0.05, 0.1) is 0 Å². The van der Waals surface area contributed by atoms with E-state index in [1.54, 1.807) is 31.3 Å². The number of nitrogens with one attached hydrogen (secondary N) is 3. The summed E-state index contributed by atoms with van der Waals surface area (Å²) < 4.78 is 0. The van der Waals surface area contributed by atoms with Gasteiger partial charge < -0.3 is 16.0 Å². The number of benzene rings is 1. The Hall–Kier alpha value is -1.59. The van der Waals surface area contributed by atoms with E-state index < -0.39 is 0 Å². The lowest BCUT2D eigenvalue weighted by atomic mass is 9.93. The normalized spacial score (nSPS) is 14.8. The molecule has 1 aliphatic rings. The van der Waals surface area contributed by atoms with Gasteiger partial charge in [-0.2, -0.15) is 0 Å². The van der Waals surface area contributed by atoms with Gasteiger partial charge in [-0.15, -0.1) is 12.4 Å². The minimum atomic E-state index is -0.152. The third-order valence-corrected chi connectivity index (χ3v) is 3.87. The number of carbonyl (C=O) groups excluding carboxylic acids is 2. The van der Waals surface area contributed by atoms with Crippen molar-refractivity contribution in [3.05, 3.63) is 29.8 Å². The molecule has 0 aromatic heterocycles. The second-order valence-corrected chi connectivity index (χ2v) is 5.44. The van der Waals surface area contributed by atoms with Crippen molar-refractivity contribution < 1.29 is 9.59 Å². The second-order valence-electron chi connectivity index (χ2n) is 5.44. The van der Waals surface area contributed by atoms with Gasteiger partial charge in [0.25, 0.3) is 5.91 Å². The molecule has 0 atom stereocenters. The van der Waals surface area contributed by atoms with E-state index in [-0.39, 0.29) is 24.2 Å². The maximum absolute atomic E-state index is 12.0. The van der Waals surface area contributed by atoms with E-state index in [0.717, 1.165) is 32.4 Å². The Morgan fingerprint density at radius 2 is 2.00 bits per heavy atom. The maximum Gasteiger partial charge on any atom is 0.251 e. The summed E-state index contributed by atoms with van der Waals surface area (Å²) in [6, 6.07) is 6.99. The average Bonchev–Trinajstić information content (AvgIpc) is 2.53. The summed E-state index contributed by atoms with van der Waals surface area (Å²) in [6.45, 7) is 2.11. The molecule has 1 aromatic carbocycles. The van der Waals surface area contributed by atoms with E-state index in [2.05, 4.69) is 16.0 Å². The average molecular weight is 326 g/mol. The molecule has 1 saturated heterocycles. The molecule has 1 aromatic rings. The number of anilines is 1. The number of hydrogen-bond acceptors (Lipinski definition) is 3. The summed E-state index contributed by atoms with van der Waals surface area (Å²) in [4.78, 5) is 23.5. The highest BCUT2D eigenvalue weighted by molar-refractivity contribution is 5.97. The van der Waals surface area contributed by atoms with Crippen molar-refractivity contribution in [2.45, 2.75) is 25.7 Å². The lowest BCUT2D eigenvalue weighted by molar-refractivity contribution is -0.116. The van der Waals surface area contributed by atoms with Gasteiger partial charge in [-0.1, -0.05) is 6.07 Å². The largest absolute Gasteiger partial charge is 0.355 e. The van der Waals surface area contributed by atoms with E-state index in [4.69, 9.17) is 0 Å². The minimum Gasteiger partial charge on any atom is -0.355 e. The molecule has 122 valence electrons. The number of hydrogen-bond donors (Lipinski definition) is 3. The quantitative estimate of drug-likeness (QED) is 0.777. The first-order valence-electron chi connectivity index (χ1n) is 7.52. The van der Waals surface area contributed by atoms with Crippen molar-refractivity contribution in [2.75, 3.05) is 25.5 Å². The summed E-state index contributed by atoms with van der Waals surface area (Å²) in [5.41, 5.74) is 1.22. The van der Waals surface area contributed by atoms with Gasteiger partial charge >= 0.3 is 0 Å². The fourth-order valence-corrected chi connectivity index (χ4v) is 2.61. The lowest BCUT2D eigenvalue weighted by Crippen LogP contribution is -2.28. The molecule has 0 spiro atoms. The molecule has 1 heterocycles. The smallest absolute Gasteiger partial charge is 0.251 e. The molecular formula is C16H24ClN3O2. The Kier molecular flexibility index (Phi) is 7.91. The summed E-state index contributed by atoms with van der Waals surface area (Å²) in [6.07, 6.45) is 3.77. The Balaban J connectivity index is 0.00000242. The SMILES string of the molecule is CNC(=O)c1cccc(NC(=O)CCC2CCNCC2)c1.Cl. The van der Waals surface area contributed by atoms with E-state index >= 15 is 0 Å². The van der Waals surface area contributed by atoms with Gasteiger partial charge in [0, 0.05) is 24.7 Å². The van der Waals surface area contributed by atoms with Crippen LogP contribution in [-0.4, -0.2) is 32.0 Å². The van der Waals surface area contributed by atoms with Crippen molar-refractivity contribution in [1.29, 1.82) is 0 Å². The summed E-state index contributed by atoms with van der Waals surface area (Å²) >= 11 is 0. The molecule has 1 aliphatic heterocycles. The second kappa shape index (κ2) is 9.43. The van der Waals surface area contributed by atoms with Crippen molar-refractivity contribution >= 4 is 29.9 Å². The van der Waals surface area contributed by atoms with Crippen LogP contribution in [0.3, 0.4) is 0 Å². The van der Waals surface area contributed by atoms with Crippen LogP contribution >= 0.6 is 12.4 Å². The van der Waals surface area contributed by atoms with Crippen molar-refractivity contribution in [3.8, 4) is 0 Å². The fraction of sp³-hybridized carbons (Fsp3) is 0.500. The molecule has 0 saturated carbocycles. The highest BCUT2D eigenvalue weighted by Crippen LogP contribution is 2.18. The molecule has 0 radical (unpaired) electrons. The Bertz CT molecular complexity index is 502. The predicted octanol–water partition coefficient (Wildman–Crippen LogP) is 2.19. The van der Waals surface area contributed by atoms with E-state index in [1.807, 2.05) is 0 Å². The lowest BCUT2D eigenvalue weighted by Gasteiger charge is -2.22. The number of carbonyl (C=O) groups is 2. The van der Waals surface area contributed by atoms with Crippen LogP contribution in [0.4, 0.5) is 5.69 Å². The number of amides is 2. The van der Waals surface area contributed by atoms with Crippen LogP contribution < -0.4 is 16.0 Å². The third kappa shape index (κ3) is 5.66. The van der Waals surface area contributed by atoms with E-state index in [9.17, 15) is 9.59 Å². The van der Waals surface area contributed by atoms with E-state index in [0.29, 0.717) is 23.6 Å². The number of rotatable bonds is 5. The molecule has 1 fully saturated rings. The zero-order valence-corrected chi connectivity index (χ0v) is 13.7. The number of halogens is 1. The van der Waals surface area contributed by atoms with Crippen LogP contribution in [0, 0.1) is 5.92 Å². The molecule has 2 rings (SSSR count).